The van der Waals surface area contributed by atoms with Crippen LogP contribution in [0.25, 0.3) is 115 Å². The van der Waals surface area contributed by atoms with E-state index >= 15 is 0 Å². The first kappa shape index (κ1) is 31.9. The molecule has 0 atom stereocenters. The average Bonchev–Trinajstić information content (AvgIpc) is 3.96. The Morgan fingerprint density at radius 3 is 1.70 bits per heavy atom. The van der Waals surface area contributed by atoms with Crippen LogP contribution in [-0.2, 0) is 0 Å². The maximum Gasteiger partial charge on any atom is 0.167 e. The van der Waals surface area contributed by atoms with Gasteiger partial charge in [-0.3, -0.25) is 0 Å². The molecular formula is C51H30N4OS. The summed E-state index contributed by atoms with van der Waals surface area (Å²) in [5.74, 6) is 1.81. The van der Waals surface area contributed by atoms with E-state index in [4.69, 9.17) is 19.4 Å². The van der Waals surface area contributed by atoms with Gasteiger partial charge in [0, 0.05) is 58.5 Å². The predicted octanol–water partition coefficient (Wildman–Crippen LogP) is 13.9. The van der Waals surface area contributed by atoms with Crippen LogP contribution in [0, 0.1) is 0 Å². The Morgan fingerprint density at radius 1 is 0.404 bits per heavy atom. The van der Waals surface area contributed by atoms with Crippen LogP contribution in [0.5, 0.6) is 0 Å². The van der Waals surface area contributed by atoms with Gasteiger partial charge in [-0.2, -0.15) is 0 Å². The summed E-state index contributed by atoms with van der Waals surface area (Å²) in [4.78, 5) is 14.9. The SMILES string of the molecule is c1ccc(-c2nc(-c3ccccc3)nc(-c3cccc4c3oc3ccc(-c5cccc6c5sc5ccc(-n7c8ccccc8c8ccccc87)cc56)cc34)n2)cc1. The Kier molecular flexibility index (Phi) is 7.03. The monoisotopic (exact) mass is 746 g/mol. The van der Waals surface area contributed by atoms with Crippen molar-refractivity contribution >= 4 is 75.3 Å². The van der Waals surface area contributed by atoms with Gasteiger partial charge in [0.05, 0.1) is 16.6 Å². The Labute approximate surface area is 330 Å². The summed E-state index contributed by atoms with van der Waals surface area (Å²) in [6.07, 6.45) is 0. The van der Waals surface area contributed by atoms with E-state index in [9.17, 15) is 0 Å². The smallest absolute Gasteiger partial charge is 0.167 e. The molecular weight excluding hydrogens is 717 g/mol. The molecule has 0 aliphatic heterocycles. The minimum atomic E-state index is 0.572. The summed E-state index contributed by atoms with van der Waals surface area (Å²) in [7, 11) is 0. The zero-order valence-corrected chi connectivity index (χ0v) is 31.2. The van der Waals surface area contributed by atoms with Crippen molar-refractivity contribution in [3.8, 4) is 51.0 Å². The normalized spacial score (nSPS) is 11.9. The molecule has 0 unspecified atom stereocenters. The van der Waals surface area contributed by atoms with Crippen molar-refractivity contribution in [2.75, 3.05) is 0 Å². The van der Waals surface area contributed by atoms with Crippen molar-refractivity contribution in [1.29, 1.82) is 0 Å². The second-order valence-corrected chi connectivity index (χ2v) is 15.4. The number of aromatic nitrogens is 4. The van der Waals surface area contributed by atoms with Crippen LogP contribution in [-0.4, -0.2) is 19.5 Å². The molecule has 6 heteroatoms. The molecule has 5 nitrogen and oxygen atoms in total. The molecule has 266 valence electrons. The van der Waals surface area contributed by atoms with E-state index in [0.717, 1.165) is 49.9 Å². The number of nitrogens with zero attached hydrogens (tertiary/aromatic N) is 4. The van der Waals surface area contributed by atoms with Gasteiger partial charge in [0.15, 0.2) is 17.5 Å². The molecule has 0 saturated carbocycles. The van der Waals surface area contributed by atoms with Crippen LogP contribution >= 0.6 is 11.3 Å². The third kappa shape index (κ3) is 5.04. The van der Waals surface area contributed by atoms with Crippen molar-refractivity contribution in [2.45, 2.75) is 0 Å². The van der Waals surface area contributed by atoms with E-state index in [0.29, 0.717) is 17.5 Å². The fourth-order valence-electron chi connectivity index (χ4n) is 8.42. The van der Waals surface area contributed by atoms with Crippen LogP contribution in [0.3, 0.4) is 0 Å². The number of benzene rings is 8. The average molecular weight is 747 g/mol. The van der Waals surface area contributed by atoms with Gasteiger partial charge < -0.3 is 8.98 Å². The van der Waals surface area contributed by atoms with Crippen LogP contribution < -0.4 is 0 Å². The molecule has 0 radical (unpaired) electrons. The molecule has 0 aliphatic carbocycles. The lowest BCUT2D eigenvalue weighted by Gasteiger charge is -2.08. The van der Waals surface area contributed by atoms with E-state index < -0.39 is 0 Å². The van der Waals surface area contributed by atoms with Crippen molar-refractivity contribution in [3.63, 3.8) is 0 Å². The molecule has 0 N–H and O–H groups in total. The first-order valence-electron chi connectivity index (χ1n) is 19.0. The fourth-order valence-corrected chi connectivity index (χ4v) is 9.64. The molecule has 0 bridgehead atoms. The topological polar surface area (TPSA) is 56.7 Å². The van der Waals surface area contributed by atoms with Gasteiger partial charge in [0.25, 0.3) is 0 Å². The summed E-state index contributed by atoms with van der Waals surface area (Å²) >= 11 is 1.85. The van der Waals surface area contributed by atoms with E-state index in [-0.39, 0.29) is 0 Å². The lowest BCUT2D eigenvalue weighted by molar-refractivity contribution is 0.669. The second kappa shape index (κ2) is 12.6. The Bertz CT molecular complexity index is 3420. The van der Waals surface area contributed by atoms with E-state index in [2.05, 4.69) is 120 Å². The summed E-state index contributed by atoms with van der Waals surface area (Å²) < 4.78 is 11.6. The summed E-state index contributed by atoms with van der Waals surface area (Å²) in [6, 6.07) is 63.8. The third-order valence-corrected chi connectivity index (χ3v) is 12.3. The minimum Gasteiger partial charge on any atom is -0.455 e. The standard InChI is InChI=1S/C51H30N4OS/c1-3-13-31(14-4-1)49-52-50(32-15-5-2-6-16-32)54-51(53-49)40-22-12-20-38-41-29-33(25-27-45(41)56-47(38)40)35-19-11-21-39-42-30-34(26-28-46(42)57-48(35)39)55-43-23-9-7-17-36(43)37-18-8-10-24-44(37)55/h1-30H. The zero-order chi connectivity index (χ0) is 37.5. The maximum atomic E-state index is 6.66. The van der Waals surface area contributed by atoms with Crippen LogP contribution in [0.1, 0.15) is 0 Å². The van der Waals surface area contributed by atoms with Crippen LogP contribution in [0.4, 0.5) is 0 Å². The number of hydrogen-bond acceptors (Lipinski definition) is 5. The highest BCUT2D eigenvalue weighted by Crippen LogP contribution is 2.44. The third-order valence-electron chi connectivity index (χ3n) is 11.1. The number of hydrogen-bond donors (Lipinski definition) is 0. The molecule has 0 spiro atoms. The molecule has 12 aromatic rings. The lowest BCUT2D eigenvalue weighted by Crippen LogP contribution is -2.00. The van der Waals surface area contributed by atoms with Crippen LogP contribution in [0.2, 0.25) is 0 Å². The van der Waals surface area contributed by atoms with E-state index in [1.165, 1.54) is 47.5 Å². The molecule has 12 rings (SSSR count). The van der Waals surface area contributed by atoms with E-state index in [1.54, 1.807) is 0 Å². The van der Waals surface area contributed by atoms with E-state index in [1.807, 2.05) is 78.1 Å². The number of rotatable bonds is 5. The molecule has 0 saturated heterocycles. The summed E-state index contributed by atoms with van der Waals surface area (Å²) in [6.45, 7) is 0. The largest absolute Gasteiger partial charge is 0.455 e. The first-order chi connectivity index (χ1) is 28.2. The molecule has 0 aliphatic rings. The lowest BCUT2D eigenvalue weighted by atomic mass is 10.00. The Hall–Kier alpha value is -7.41. The number of thiophene rings is 1. The van der Waals surface area contributed by atoms with Gasteiger partial charge in [-0.1, -0.05) is 133 Å². The Morgan fingerprint density at radius 2 is 1.00 bits per heavy atom. The fraction of sp³-hybridized carbons (Fsp3) is 0. The van der Waals surface area contributed by atoms with Gasteiger partial charge in [-0.15, -0.1) is 11.3 Å². The minimum absolute atomic E-state index is 0.572. The van der Waals surface area contributed by atoms with Gasteiger partial charge >= 0.3 is 0 Å². The molecule has 0 fully saturated rings. The van der Waals surface area contributed by atoms with Crippen molar-refractivity contribution in [2.24, 2.45) is 0 Å². The first-order valence-corrected chi connectivity index (χ1v) is 19.8. The second-order valence-electron chi connectivity index (χ2n) is 14.4. The van der Waals surface area contributed by atoms with Crippen LogP contribution in [0.15, 0.2) is 186 Å². The van der Waals surface area contributed by atoms with Gasteiger partial charge in [0.1, 0.15) is 11.2 Å². The van der Waals surface area contributed by atoms with Crippen molar-refractivity contribution in [3.05, 3.63) is 182 Å². The quantitative estimate of drug-likeness (QED) is 0.176. The van der Waals surface area contributed by atoms with Crippen molar-refractivity contribution in [1.82, 2.24) is 19.5 Å². The highest BCUT2D eigenvalue weighted by Gasteiger charge is 2.20. The summed E-state index contributed by atoms with van der Waals surface area (Å²) in [5, 5.41) is 7.12. The summed E-state index contributed by atoms with van der Waals surface area (Å²) in [5.41, 5.74) is 10.2. The molecule has 8 aromatic carbocycles. The van der Waals surface area contributed by atoms with Gasteiger partial charge in [0.2, 0.25) is 0 Å². The molecule has 4 aromatic heterocycles. The highest BCUT2D eigenvalue weighted by atomic mass is 32.1. The maximum absolute atomic E-state index is 6.66. The number of furan rings is 1. The molecule has 4 heterocycles. The van der Waals surface area contributed by atoms with Gasteiger partial charge in [-0.25, -0.2) is 15.0 Å². The van der Waals surface area contributed by atoms with Crippen molar-refractivity contribution < 1.29 is 4.42 Å². The molecule has 0 amide bonds. The van der Waals surface area contributed by atoms with Gasteiger partial charge in [-0.05, 0) is 59.7 Å². The highest BCUT2D eigenvalue weighted by molar-refractivity contribution is 7.26. The zero-order valence-electron chi connectivity index (χ0n) is 30.4. The number of para-hydroxylation sites is 3. The Balaban J connectivity index is 0.995. The molecule has 57 heavy (non-hydrogen) atoms. The number of fused-ring (bicyclic) bond motifs is 9. The predicted molar refractivity (Wildman–Crippen MR) is 236 cm³/mol.